The van der Waals surface area contributed by atoms with Crippen LogP contribution in [0.2, 0.25) is 0 Å². The Morgan fingerprint density at radius 1 is 1.03 bits per heavy atom. The lowest BCUT2D eigenvalue weighted by Gasteiger charge is -2.12. The quantitative estimate of drug-likeness (QED) is 0.509. The summed E-state index contributed by atoms with van der Waals surface area (Å²) in [5.74, 6) is -0.571. The van der Waals surface area contributed by atoms with Crippen LogP contribution in [0, 0.1) is 12.7 Å². The van der Waals surface area contributed by atoms with Gasteiger partial charge in [-0.25, -0.2) is 14.2 Å². The standard InChI is InChI=1S/C20H16F4N4O/c1-11-8-18(25)26-10-15(11)12-2-5-14(6-3-12)27-19(29)28-17-9-13(20(22,23)24)4-7-16(17)21/h2-10H,1H3,(H2,25,26)(H2,27,28,29). The van der Waals surface area contributed by atoms with Crippen molar-refractivity contribution in [1.82, 2.24) is 4.98 Å². The molecule has 29 heavy (non-hydrogen) atoms. The number of nitrogen functional groups attached to an aromatic ring is 1. The number of benzene rings is 2. The Labute approximate surface area is 163 Å². The molecule has 0 aliphatic carbocycles. The largest absolute Gasteiger partial charge is 0.416 e. The van der Waals surface area contributed by atoms with E-state index in [-0.39, 0.29) is 0 Å². The van der Waals surface area contributed by atoms with Gasteiger partial charge in [0.2, 0.25) is 0 Å². The fourth-order valence-electron chi connectivity index (χ4n) is 2.70. The number of rotatable bonds is 3. The Hall–Kier alpha value is -3.62. The molecule has 1 aromatic heterocycles. The Balaban J connectivity index is 1.72. The van der Waals surface area contributed by atoms with Crippen molar-refractivity contribution in [2.75, 3.05) is 16.4 Å². The first kappa shape index (κ1) is 20.1. The smallest absolute Gasteiger partial charge is 0.384 e. The van der Waals surface area contributed by atoms with Crippen LogP contribution in [-0.4, -0.2) is 11.0 Å². The van der Waals surface area contributed by atoms with Crippen LogP contribution in [0.25, 0.3) is 11.1 Å². The third kappa shape index (κ3) is 4.81. The van der Waals surface area contributed by atoms with Crippen LogP contribution < -0.4 is 16.4 Å². The zero-order valence-corrected chi connectivity index (χ0v) is 15.1. The molecule has 0 unspecified atom stereocenters. The van der Waals surface area contributed by atoms with Gasteiger partial charge in [0.05, 0.1) is 11.3 Å². The normalized spacial score (nSPS) is 11.2. The van der Waals surface area contributed by atoms with Crippen LogP contribution in [0.3, 0.4) is 0 Å². The van der Waals surface area contributed by atoms with Crippen LogP contribution in [0.5, 0.6) is 0 Å². The molecule has 2 amide bonds. The lowest BCUT2D eigenvalue weighted by atomic mass is 10.0. The number of nitrogens with zero attached hydrogens (tertiary/aromatic N) is 1. The highest BCUT2D eigenvalue weighted by molar-refractivity contribution is 6.00. The Morgan fingerprint density at radius 3 is 2.34 bits per heavy atom. The number of hydrogen-bond acceptors (Lipinski definition) is 3. The van der Waals surface area contributed by atoms with E-state index in [4.69, 9.17) is 5.73 Å². The number of hydrogen-bond donors (Lipinski definition) is 3. The summed E-state index contributed by atoms with van der Waals surface area (Å²) in [4.78, 5) is 16.1. The minimum atomic E-state index is -4.65. The molecule has 0 spiro atoms. The average molecular weight is 404 g/mol. The topological polar surface area (TPSA) is 80.0 Å². The van der Waals surface area contributed by atoms with Gasteiger partial charge in [-0.15, -0.1) is 0 Å². The number of pyridine rings is 1. The van der Waals surface area contributed by atoms with E-state index < -0.39 is 29.3 Å². The van der Waals surface area contributed by atoms with Crippen LogP contribution >= 0.6 is 0 Å². The molecule has 0 radical (unpaired) electrons. The molecule has 3 aromatic rings. The number of carbonyl (C=O) groups is 1. The summed E-state index contributed by atoms with van der Waals surface area (Å²) in [6.07, 6.45) is -3.01. The van der Waals surface area contributed by atoms with E-state index >= 15 is 0 Å². The third-order valence-corrected chi connectivity index (χ3v) is 4.13. The molecule has 0 saturated carbocycles. The van der Waals surface area contributed by atoms with E-state index in [0.29, 0.717) is 29.7 Å². The SMILES string of the molecule is Cc1cc(N)ncc1-c1ccc(NC(=O)Nc2cc(C(F)(F)F)ccc2F)cc1. The second-order valence-electron chi connectivity index (χ2n) is 6.27. The van der Waals surface area contributed by atoms with E-state index in [9.17, 15) is 22.4 Å². The number of alkyl halides is 3. The number of nitrogens with two attached hydrogens (primary N) is 1. The van der Waals surface area contributed by atoms with Crippen LogP contribution in [0.15, 0.2) is 54.7 Å². The molecule has 0 saturated heterocycles. The van der Waals surface area contributed by atoms with Crippen molar-refractivity contribution in [3.8, 4) is 11.1 Å². The lowest BCUT2D eigenvalue weighted by molar-refractivity contribution is -0.137. The minimum Gasteiger partial charge on any atom is -0.384 e. The lowest BCUT2D eigenvalue weighted by Crippen LogP contribution is -2.20. The zero-order chi connectivity index (χ0) is 21.2. The number of halogens is 4. The van der Waals surface area contributed by atoms with Gasteiger partial charge in [-0.05, 0) is 54.4 Å². The Kier molecular flexibility index (Phi) is 5.40. The number of nitrogens with one attached hydrogen (secondary N) is 2. The molecule has 0 aliphatic rings. The number of amides is 2. The van der Waals surface area contributed by atoms with E-state index in [0.717, 1.165) is 16.7 Å². The molecule has 3 rings (SSSR count). The summed E-state index contributed by atoms with van der Waals surface area (Å²) in [5.41, 5.74) is 7.00. The molecule has 150 valence electrons. The van der Waals surface area contributed by atoms with Gasteiger partial charge < -0.3 is 16.4 Å². The van der Waals surface area contributed by atoms with Gasteiger partial charge in [-0.1, -0.05) is 12.1 Å². The summed E-state index contributed by atoms with van der Waals surface area (Å²) >= 11 is 0. The van der Waals surface area contributed by atoms with Gasteiger partial charge in [0.15, 0.2) is 0 Å². The zero-order valence-electron chi connectivity index (χ0n) is 15.1. The molecule has 0 fully saturated rings. The highest BCUT2D eigenvalue weighted by Crippen LogP contribution is 2.32. The van der Waals surface area contributed by atoms with Crippen molar-refractivity contribution in [2.24, 2.45) is 0 Å². The predicted molar refractivity (Wildman–Crippen MR) is 103 cm³/mol. The monoisotopic (exact) mass is 404 g/mol. The van der Waals surface area contributed by atoms with Gasteiger partial charge in [-0.3, -0.25) is 0 Å². The van der Waals surface area contributed by atoms with Crippen LogP contribution in [-0.2, 0) is 6.18 Å². The maximum Gasteiger partial charge on any atom is 0.416 e. The molecule has 2 aromatic carbocycles. The van der Waals surface area contributed by atoms with E-state index in [1.54, 1.807) is 36.5 Å². The van der Waals surface area contributed by atoms with Gasteiger partial charge in [0.1, 0.15) is 11.6 Å². The molecule has 1 heterocycles. The molecular formula is C20H16F4N4O. The van der Waals surface area contributed by atoms with Crippen molar-refractivity contribution >= 4 is 23.2 Å². The average Bonchev–Trinajstić information content (AvgIpc) is 2.63. The van der Waals surface area contributed by atoms with E-state index in [1.165, 1.54) is 0 Å². The van der Waals surface area contributed by atoms with Crippen molar-refractivity contribution < 1.29 is 22.4 Å². The molecule has 4 N–H and O–H groups in total. The maximum atomic E-state index is 13.7. The van der Waals surface area contributed by atoms with Crippen molar-refractivity contribution in [2.45, 2.75) is 13.1 Å². The number of aromatic nitrogens is 1. The minimum absolute atomic E-state index is 0.375. The molecule has 5 nitrogen and oxygen atoms in total. The number of urea groups is 1. The van der Waals surface area contributed by atoms with Crippen molar-refractivity contribution in [3.63, 3.8) is 0 Å². The molecule has 0 bridgehead atoms. The van der Waals surface area contributed by atoms with E-state index in [2.05, 4.69) is 15.6 Å². The van der Waals surface area contributed by atoms with Gasteiger partial charge in [0.25, 0.3) is 0 Å². The number of anilines is 3. The van der Waals surface area contributed by atoms with Crippen LogP contribution in [0.4, 0.5) is 39.5 Å². The summed E-state index contributed by atoms with van der Waals surface area (Å²) in [5, 5.41) is 4.53. The highest BCUT2D eigenvalue weighted by Gasteiger charge is 2.31. The number of aryl methyl sites for hydroxylation is 1. The van der Waals surface area contributed by atoms with E-state index in [1.807, 2.05) is 6.92 Å². The fourth-order valence-corrected chi connectivity index (χ4v) is 2.70. The van der Waals surface area contributed by atoms with Gasteiger partial charge in [0, 0.05) is 17.4 Å². The Bertz CT molecular complexity index is 1050. The first-order chi connectivity index (χ1) is 13.6. The summed E-state index contributed by atoms with van der Waals surface area (Å²) < 4.78 is 52.0. The summed E-state index contributed by atoms with van der Waals surface area (Å²) in [6, 6.07) is 9.33. The molecule has 0 atom stereocenters. The predicted octanol–water partition coefficient (Wildman–Crippen LogP) is 5.44. The first-order valence-electron chi connectivity index (χ1n) is 8.41. The highest BCUT2D eigenvalue weighted by atomic mass is 19.4. The third-order valence-electron chi connectivity index (χ3n) is 4.13. The maximum absolute atomic E-state index is 13.7. The molecule has 9 heteroatoms. The fraction of sp³-hybridized carbons (Fsp3) is 0.100. The molecular weight excluding hydrogens is 388 g/mol. The second kappa shape index (κ2) is 7.78. The second-order valence-corrected chi connectivity index (χ2v) is 6.27. The summed E-state index contributed by atoms with van der Waals surface area (Å²) in [6.45, 7) is 1.89. The van der Waals surface area contributed by atoms with Crippen LogP contribution in [0.1, 0.15) is 11.1 Å². The summed E-state index contributed by atoms with van der Waals surface area (Å²) in [7, 11) is 0. The number of carbonyl (C=O) groups excluding carboxylic acids is 1. The van der Waals surface area contributed by atoms with Gasteiger partial charge in [-0.2, -0.15) is 13.2 Å². The first-order valence-corrected chi connectivity index (χ1v) is 8.41. The van der Waals surface area contributed by atoms with Crippen molar-refractivity contribution in [3.05, 3.63) is 71.7 Å². The molecule has 0 aliphatic heterocycles. The van der Waals surface area contributed by atoms with Crippen molar-refractivity contribution in [1.29, 1.82) is 0 Å². The van der Waals surface area contributed by atoms with Gasteiger partial charge >= 0.3 is 12.2 Å². The Morgan fingerprint density at radius 2 is 1.72 bits per heavy atom.